The molecule has 2 aromatic heterocycles. The van der Waals surface area contributed by atoms with Crippen LogP contribution in [0.5, 0.6) is 5.75 Å². The number of nitrogens with zero attached hydrogens (tertiary/aromatic N) is 3. The van der Waals surface area contributed by atoms with Crippen molar-refractivity contribution in [3.8, 4) is 5.75 Å². The van der Waals surface area contributed by atoms with Gasteiger partial charge in [-0.25, -0.2) is 14.8 Å². The Balaban J connectivity index is 1.32. The van der Waals surface area contributed by atoms with Crippen LogP contribution in [0.3, 0.4) is 0 Å². The summed E-state index contributed by atoms with van der Waals surface area (Å²) in [6.07, 6.45) is 4.42. The first-order chi connectivity index (χ1) is 21.2. The maximum atomic E-state index is 13.1. The molecule has 240 valence electrons. The molecule has 3 atom stereocenters. The van der Waals surface area contributed by atoms with Crippen LogP contribution in [0.15, 0.2) is 36.5 Å². The van der Waals surface area contributed by atoms with Crippen LogP contribution in [-0.4, -0.2) is 60.8 Å². The number of hydrogen-bond acceptors (Lipinski definition) is 9. The molecule has 10 nitrogen and oxygen atoms in total. The van der Waals surface area contributed by atoms with Crippen LogP contribution in [0, 0.1) is 5.92 Å². The maximum absolute atomic E-state index is 13.1. The van der Waals surface area contributed by atoms with Crippen molar-refractivity contribution in [2.75, 3.05) is 18.4 Å². The van der Waals surface area contributed by atoms with Gasteiger partial charge in [0.15, 0.2) is 0 Å². The lowest BCUT2D eigenvalue weighted by atomic mass is 9.84. The van der Waals surface area contributed by atoms with Crippen LogP contribution >= 0.6 is 0 Å². The fourth-order valence-corrected chi connectivity index (χ4v) is 6.64. The topological polar surface area (TPSA) is 129 Å². The highest BCUT2D eigenvalue weighted by Gasteiger charge is 2.41. The fraction of sp³-hybridized carbons (Fsp3) is 0.529. The first kappa shape index (κ1) is 31.6. The number of pyridine rings is 2. The molecule has 3 aromatic rings. The third-order valence-electron chi connectivity index (χ3n) is 9.07. The Kier molecular flexibility index (Phi) is 8.24. The summed E-state index contributed by atoms with van der Waals surface area (Å²) in [4.78, 5) is 36.4. The molecule has 1 aliphatic carbocycles. The molecule has 1 amide bonds. The van der Waals surface area contributed by atoms with Gasteiger partial charge < -0.3 is 24.2 Å². The predicted molar refractivity (Wildman–Crippen MR) is 175 cm³/mol. The minimum atomic E-state index is -1.27. The van der Waals surface area contributed by atoms with E-state index in [0.717, 1.165) is 35.6 Å². The average molecular weight is 634 g/mol. The number of rotatable bonds is 9. The van der Waals surface area contributed by atoms with E-state index >= 15 is 0 Å². The Hall–Kier alpha value is -3.41. The monoisotopic (exact) mass is 633 g/mol. The lowest BCUT2D eigenvalue weighted by molar-refractivity contribution is -0.141. The minimum Gasteiger partial charge on any atom is -0.598 e. The van der Waals surface area contributed by atoms with Gasteiger partial charge in [-0.3, -0.25) is 4.79 Å². The number of nitrogens with one attached hydrogen (secondary N) is 2. The molecule has 0 radical (unpaired) electrons. The number of amides is 1. The number of esters is 1. The summed E-state index contributed by atoms with van der Waals surface area (Å²) in [6, 6.07) is 9.27. The number of aromatic nitrogens is 2. The summed E-state index contributed by atoms with van der Waals surface area (Å²) in [5.74, 6) is 1.82. The molecule has 3 aliphatic rings. The molecule has 2 N–H and O–H groups in total. The van der Waals surface area contributed by atoms with E-state index in [0.29, 0.717) is 41.7 Å². The summed E-state index contributed by atoms with van der Waals surface area (Å²) in [5.41, 5.74) is 1.48. The molecule has 0 bridgehead atoms. The van der Waals surface area contributed by atoms with Gasteiger partial charge in [0.2, 0.25) is 5.91 Å². The van der Waals surface area contributed by atoms with Crippen molar-refractivity contribution in [3.63, 3.8) is 0 Å². The molecule has 11 heteroatoms. The first-order valence-corrected chi connectivity index (χ1v) is 17.0. The highest BCUT2D eigenvalue weighted by Crippen LogP contribution is 2.39. The second kappa shape index (κ2) is 11.7. The molecule has 2 fully saturated rings. The number of fused-ring (bicyclic) bond motifs is 2. The molecule has 1 saturated heterocycles. The molecular weight excluding hydrogens is 590 g/mol. The molecule has 1 unspecified atom stereocenters. The summed E-state index contributed by atoms with van der Waals surface area (Å²) >= 11 is -1.27. The minimum absolute atomic E-state index is 0.0781. The Labute approximate surface area is 268 Å². The number of benzene rings is 1. The van der Waals surface area contributed by atoms with Crippen LogP contribution in [0.25, 0.3) is 10.8 Å². The summed E-state index contributed by atoms with van der Waals surface area (Å²) in [7, 11) is 0. The highest BCUT2D eigenvalue weighted by molar-refractivity contribution is 7.90. The molecular formula is C34H43N5O5S. The molecule has 1 aromatic carbocycles. The number of cyclic esters (lactones) is 1. The first-order valence-electron chi connectivity index (χ1n) is 15.8. The number of ether oxygens (including phenoxy) is 2. The SMILES string of the molecule is CCC(N[S@@+]([O-])C(C)(C)C)c1ccc(OC2CN(C(=O)C3CC3)C2)c2cnc(Nc3ccc4c(n3)[C@@H](C)C(C)(C)OC4=O)cc12. The van der Waals surface area contributed by atoms with Gasteiger partial charge in [0.05, 0.1) is 30.4 Å². The molecule has 2 aliphatic heterocycles. The van der Waals surface area contributed by atoms with E-state index in [1.54, 1.807) is 18.3 Å². The zero-order chi connectivity index (χ0) is 32.3. The molecule has 4 heterocycles. The molecule has 45 heavy (non-hydrogen) atoms. The predicted octanol–water partition coefficient (Wildman–Crippen LogP) is 5.93. The van der Waals surface area contributed by atoms with Crippen molar-refractivity contribution < 1.29 is 23.6 Å². The lowest BCUT2D eigenvalue weighted by Gasteiger charge is -2.39. The van der Waals surface area contributed by atoms with Crippen molar-refractivity contribution in [3.05, 3.63) is 53.3 Å². The molecule has 0 spiro atoms. The average Bonchev–Trinajstić information content (AvgIpc) is 3.81. The third kappa shape index (κ3) is 6.35. The largest absolute Gasteiger partial charge is 0.598 e. The van der Waals surface area contributed by atoms with E-state index in [1.165, 1.54) is 0 Å². The lowest BCUT2D eigenvalue weighted by Crippen LogP contribution is -2.56. The fourth-order valence-electron chi connectivity index (χ4n) is 5.73. The Morgan fingerprint density at radius 2 is 1.91 bits per heavy atom. The van der Waals surface area contributed by atoms with Crippen molar-refractivity contribution in [2.45, 2.75) is 96.1 Å². The van der Waals surface area contributed by atoms with E-state index in [1.807, 2.05) is 64.6 Å². The Bertz CT molecular complexity index is 1630. The summed E-state index contributed by atoms with van der Waals surface area (Å²) in [6.45, 7) is 14.9. The van der Waals surface area contributed by atoms with Crippen LogP contribution in [0.4, 0.5) is 11.6 Å². The van der Waals surface area contributed by atoms with Gasteiger partial charge in [-0.1, -0.05) is 19.9 Å². The van der Waals surface area contributed by atoms with Gasteiger partial charge in [-0.2, -0.15) is 0 Å². The zero-order valence-corrected chi connectivity index (χ0v) is 27.9. The second-order valence-electron chi connectivity index (χ2n) is 14.0. The third-order valence-corrected chi connectivity index (χ3v) is 10.7. The van der Waals surface area contributed by atoms with Crippen LogP contribution in [0.1, 0.15) is 101 Å². The summed E-state index contributed by atoms with van der Waals surface area (Å²) < 4.78 is 28.1. The molecule has 6 rings (SSSR count). The standard InChI is InChI=1S/C34H43N5O5S/c1-8-26(38-45(42)33(3,4)5)22-11-13-27(43-21-17-39(18-21)31(40)20-9-10-20)25-16-35-29(15-24(22)25)36-28-14-12-23-30(37-28)19(2)34(6,7)44-32(23)41/h11-16,19-21,26,38H,8-10,17-18H2,1-7H3,(H,35,36,37)/t19-,26?,45+/m1/s1. The second-order valence-corrected chi connectivity index (χ2v) is 16.0. The van der Waals surface area contributed by atoms with E-state index in [9.17, 15) is 14.1 Å². The van der Waals surface area contributed by atoms with Crippen LogP contribution < -0.4 is 14.8 Å². The van der Waals surface area contributed by atoms with Gasteiger partial charge in [-0.15, -0.1) is 4.72 Å². The number of carbonyl (C=O) groups is 2. The van der Waals surface area contributed by atoms with Crippen molar-refractivity contribution >= 4 is 45.6 Å². The Morgan fingerprint density at radius 3 is 2.58 bits per heavy atom. The molecule has 1 saturated carbocycles. The quantitative estimate of drug-likeness (QED) is 0.218. The van der Waals surface area contributed by atoms with E-state index in [-0.39, 0.29) is 35.9 Å². The number of hydrogen-bond donors (Lipinski definition) is 2. The Morgan fingerprint density at radius 1 is 1.18 bits per heavy atom. The normalized spacial score (nSPS) is 21.0. The van der Waals surface area contributed by atoms with Gasteiger partial charge in [0.1, 0.15) is 33.8 Å². The summed E-state index contributed by atoms with van der Waals surface area (Å²) in [5, 5.41) is 5.09. The highest BCUT2D eigenvalue weighted by atomic mass is 32.2. The number of anilines is 2. The number of likely N-dealkylation sites (tertiary alicyclic amines) is 1. The van der Waals surface area contributed by atoms with Crippen molar-refractivity contribution in [1.82, 2.24) is 19.6 Å². The van der Waals surface area contributed by atoms with Crippen LogP contribution in [-0.2, 0) is 20.9 Å². The smallest absolute Gasteiger partial charge is 0.340 e. The van der Waals surface area contributed by atoms with Gasteiger partial charge in [0, 0.05) is 34.8 Å². The van der Waals surface area contributed by atoms with Crippen molar-refractivity contribution in [1.29, 1.82) is 0 Å². The van der Waals surface area contributed by atoms with Gasteiger partial charge in [0.25, 0.3) is 0 Å². The van der Waals surface area contributed by atoms with E-state index in [4.69, 9.17) is 19.4 Å². The zero-order valence-electron chi connectivity index (χ0n) is 27.1. The van der Waals surface area contributed by atoms with E-state index < -0.39 is 21.7 Å². The number of carbonyl (C=O) groups excluding carboxylic acids is 2. The van der Waals surface area contributed by atoms with Gasteiger partial charge in [-0.05, 0) is 89.1 Å². The van der Waals surface area contributed by atoms with Gasteiger partial charge >= 0.3 is 5.97 Å². The van der Waals surface area contributed by atoms with E-state index in [2.05, 4.69) is 17.0 Å². The maximum Gasteiger partial charge on any atom is 0.340 e. The van der Waals surface area contributed by atoms with Crippen molar-refractivity contribution in [2.24, 2.45) is 5.92 Å². The van der Waals surface area contributed by atoms with Crippen LogP contribution in [0.2, 0.25) is 0 Å².